The Kier molecular flexibility index (Phi) is 3.29. The summed E-state index contributed by atoms with van der Waals surface area (Å²) in [6.45, 7) is 10.6. The van der Waals surface area contributed by atoms with Gasteiger partial charge in [0.15, 0.2) is 0 Å². The summed E-state index contributed by atoms with van der Waals surface area (Å²) in [6, 6.07) is 4.28. The maximum Gasteiger partial charge on any atom is 0.0907 e. The average molecular weight is 246 g/mol. The van der Waals surface area contributed by atoms with Crippen molar-refractivity contribution in [3.8, 4) is 0 Å². The molecule has 2 rings (SSSR count). The van der Waals surface area contributed by atoms with Crippen molar-refractivity contribution in [2.24, 2.45) is 10.9 Å². The van der Waals surface area contributed by atoms with E-state index >= 15 is 0 Å². The Balaban J connectivity index is 2.54. The van der Waals surface area contributed by atoms with Gasteiger partial charge in [-0.3, -0.25) is 4.99 Å². The molecule has 0 aliphatic carbocycles. The molecule has 0 N–H and O–H groups in total. The standard InChI is InChI=1S/C14H18N2S/c1-8(2)10(4)15-12-7-14-13(6-9(12)3)16-11(5)17-14/h6-8H,1-5H3. The van der Waals surface area contributed by atoms with Crippen molar-refractivity contribution >= 4 is 33.0 Å². The smallest absolute Gasteiger partial charge is 0.0907 e. The Labute approximate surface area is 106 Å². The molecule has 2 aromatic rings. The van der Waals surface area contributed by atoms with Crippen LogP contribution in [0.3, 0.4) is 0 Å². The van der Waals surface area contributed by atoms with Crippen LogP contribution in [-0.4, -0.2) is 10.7 Å². The van der Waals surface area contributed by atoms with Crippen LogP contribution in [0.2, 0.25) is 0 Å². The molecule has 0 saturated heterocycles. The molecule has 1 heterocycles. The van der Waals surface area contributed by atoms with Crippen molar-refractivity contribution in [2.75, 3.05) is 0 Å². The molecule has 0 spiro atoms. The number of aromatic nitrogens is 1. The van der Waals surface area contributed by atoms with Crippen LogP contribution in [-0.2, 0) is 0 Å². The fourth-order valence-electron chi connectivity index (χ4n) is 1.62. The van der Waals surface area contributed by atoms with E-state index in [-0.39, 0.29) is 0 Å². The first-order valence-corrected chi connectivity index (χ1v) is 6.72. The lowest BCUT2D eigenvalue weighted by molar-refractivity contribution is 0.878. The monoisotopic (exact) mass is 246 g/mol. The highest BCUT2D eigenvalue weighted by Gasteiger charge is 2.06. The first-order chi connectivity index (χ1) is 7.97. The van der Waals surface area contributed by atoms with Crippen molar-refractivity contribution in [3.05, 3.63) is 22.7 Å². The van der Waals surface area contributed by atoms with Gasteiger partial charge in [0.25, 0.3) is 0 Å². The minimum atomic E-state index is 0.494. The number of fused-ring (bicyclic) bond motifs is 1. The SMILES string of the molecule is CC(=Nc1cc2sc(C)nc2cc1C)C(C)C. The minimum Gasteiger partial charge on any atom is -0.258 e. The largest absolute Gasteiger partial charge is 0.258 e. The Hall–Kier alpha value is -1.22. The molecule has 0 saturated carbocycles. The van der Waals surface area contributed by atoms with Crippen LogP contribution in [0.5, 0.6) is 0 Å². The van der Waals surface area contributed by atoms with Gasteiger partial charge >= 0.3 is 0 Å². The third-order valence-electron chi connectivity index (χ3n) is 2.95. The Bertz CT molecular complexity index is 579. The summed E-state index contributed by atoms with van der Waals surface area (Å²) in [4.78, 5) is 9.21. The van der Waals surface area contributed by atoms with Crippen LogP contribution >= 0.6 is 11.3 Å². The second-order valence-corrected chi connectivity index (χ2v) is 5.98. The van der Waals surface area contributed by atoms with Gasteiger partial charge < -0.3 is 0 Å². The molecule has 0 aliphatic heterocycles. The van der Waals surface area contributed by atoms with E-state index in [4.69, 9.17) is 4.99 Å². The van der Waals surface area contributed by atoms with Gasteiger partial charge in [-0.1, -0.05) is 13.8 Å². The van der Waals surface area contributed by atoms with Gasteiger partial charge in [-0.15, -0.1) is 11.3 Å². The van der Waals surface area contributed by atoms with E-state index in [2.05, 4.69) is 44.8 Å². The van der Waals surface area contributed by atoms with E-state index in [9.17, 15) is 0 Å². The van der Waals surface area contributed by atoms with Crippen LogP contribution < -0.4 is 0 Å². The maximum atomic E-state index is 4.71. The number of rotatable bonds is 2. The molecule has 0 radical (unpaired) electrons. The molecule has 0 amide bonds. The Morgan fingerprint density at radius 2 is 2.00 bits per heavy atom. The number of aryl methyl sites for hydroxylation is 2. The summed E-state index contributed by atoms with van der Waals surface area (Å²) in [7, 11) is 0. The van der Waals surface area contributed by atoms with Crippen molar-refractivity contribution < 1.29 is 0 Å². The lowest BCUT2D eigenvalue weighted by atomic mass is 10.1. The third-order valence-corrected chi connectivity index (χ3v) is 3.88. The number of hydrogen-bond acceptors (Lipinski definition) is 3. The zero-order valence-electron chi connectivity index (χ0n) is 11.0. The van der Waals surface area contributed by atoms with Gasteiger partial charge in [0.05, 0.1) is 20.9 Å². The van der Waals surface area contributed by atoms with Crippen LogP contribution in [0.25, 0.3) is 10.2 Å². The van der Waals surface area contributed by atoms with E-state index in [1.54, 1.807) is 11.3 Å². The molecule has 0 aliphatic rings. The number of nitrogens with zero attached hydrogens (tertiary/aromatic N) is 2. The lowest BCUT2D eigenvalue weighted by Crippen LogP contribution is -2.00. The Morgan fingerprint density at radius 1 is 1.29 bits per heavy atom. The number of benzene rings is 1. The van der Waals surface area contributed by atoms with Gasteiger partial charge in [-0.05, 0) is 44.4 Å². The molecular formula is C14H18N2S. The van der Waals surface area contributed by atoms with Gasteiger partial charge in [-0.2, -0.15) is 0 Å². The summed E-state index contributed by atoms with van der Waals surface area (Å²) in [5, 5.41) is 1.11. The molecule has 0 unspecified atom stereocenters. The molecule has 1 aromatic heterocycles. The lowest BCUT2D eigenvalue weighted by Gasteiger charge is -2.06. The van der Waals surface area contributed by atoms with Gasteiger partial charge in [-0.25, -0.2) is 4.98 Å². The predicted molar refractivity (Wildman–Crippen MR) is 76.7 cm³/mol. The number of aliphatic imine (C=N–C) groups is 1. The first-order valence-electron chi connectivity index (χ1n) is 5.90. The van der Waals surface area contributed by atoms with Crippen LogP contribution in [0, 0.1) is 19.8 Å². The van der Waals surface area contributed by atoms with Crippen LogP contribution in [0.4, 0.5) is 5.69 Å². The summed E-state index contributed by atoms with van der Waals surface area (Å²) >= 11 is 1.73. The zero-order valence-corrected chi connectivity index (χ0v) is 11.9. The molecule has 17 heavy (non-hydrogen) atoms. The maximum absolute atomic E-state index is 4.71. The van der Waals surface area contributed by atoms with Gasteiger partial charge in [0.1, 0.15) is 0 Å². The van der Waals surface area contributed by atoms with Crippen molar-refractivity contribution in [1.29, 1.82) is 0 Å². The van der Waals surface area contributed by atoms with Crippen molar-refractivity contribution in [3.63, 3.8) is 0 Å². The van der Waals surface area contributed by atoms with Crippen molar-refractivity contribution in [1.82, 2.24) is 4.98 Å². The second kappa shape index (κ2) is 4.57. The summed E-state index contributed by atoms with van der Waals surface area (Å²) < 4.78 is 1.23. The van der Waals surface area contributed by atoms with Gasteiger partial charge in [0.2, 0.25) is 0 Å². The molecule has 0 bridgehead atoms. The molecule has 0 fully saturated rings. The van der Waals surface area contributed by atoms with Crippen LogP contribution in [0.1, 0.15) is 31.3 Å². The number of thiazole rings is 1. The highest BCUT2D eigenvalue weighted by molar-refractivity contribution is 7.18. The molecular weight excluding hydrogens is 228 g/mol. The third kappa shape index (κ3) is 2.55. The molecule has 90 valence electrons. The quantitative estimate of drug-likeness (QED) is 0.707. The predicted octanol–water partition coefficient (Wildman–Crippen LogP) is 4.66. The molecule has 0 atom stereocenters. The zero-order chi connectivity index (χ0) is 12.6. The minimum absolute atomic E-state index is 0.494. The molecule has 3 heteroatoms. The van der Waals surface area contributed by atoms with E-state index in [1.807, 2.05) is 6.92 Å². The average Bonchev–Trinajstić information content (AvgIpc) is 2.57. The van der Waals surface area contributed by atoms with Gasteiger partial charge in [0, 0.05) is 5.71 Å². The summed E-state index contributed by atoms with van der Waals surface area (Å²) in [6.07, 6.45) is 0. The molecule has 2 nitrogen and oxygen atoms in total. The van der Waals surface area contributed by atoms with Crippen LogP contribution in [0.15, 0.2) is 17.1 Å². The fraction of sp³-hybridized carbons (Fsp3) is 0.429. The summed E-state index contributed by atoms with van der Waals surface area (Å²) in [5.41, 5.74) is 4.54. The highest BCUT2D eigenvalue weighted by atomic mass is 32.1. The second-order valence-electron chi connectivity index (χ2n) is 4.75. The normalized spacial score (nSPS) is 12.7. The topological polar surface area (TPSA) is 25.2 Å². The Morgan fingerprint density at radius 3 is 2.65 bits per heavy atom. The fourth-order valence-corrected chi connectivity index (χ4v) is 2.46. The first kappa shape index (κ1) is 12.2. The van der Waals surface area contributed by atoms with E-state index in [1.165, 1.54) is 16.0 Å². The molecule has 1 aromatic carbocycles. The number of hydrogen-bond donors (Lipinski definition) is 0. The van der Waals surface area contributed by atoms with Crippen molar-refractivity contribution in [2.45, 2.75) is 34.6 Å². The van der Waals surface area contributed by atoms with E-state index in [0.29, 0.717) is 5.92 Å². The highest BCUT2D eigenvalue weighted by Crippen LogP contribution is 2.29. The summed E-state index contributed by atoms with van der Waals surface area (Å²) in [5.74, 6) is 0.494. The van der Waals surface area contributed by atoms with E-state index in [0.717, 1.165) is 16.2 Å². The van der Waals surface area contributed by atoms with E-state index < -0.39 is 0 Å².